The molecule has 3 aromatic rings. The molecule has 0 aromatic heterocycles. The predicted molar refractivity (Wildman–Crippen MR) is 154 cm³/mol. The van der Waals surface area contributed by atoms with Crippen molar-refractivity contribution in [2.24, 2.45) is 23.7 Å². The molecule has 0 unspecified atom stereocenters. The van der Waals surface area contributed by atoms with Gasteiger partial charge in [0.2, 0.25) is 0 Å². The largest absolute Gasteiger partial charge is 0.456 e. The molecule has 0 N–H and O–H groups in total. The molecule has 208 valence electrons. The number of rotatable bonds is 9. The molecule has 5 nitrogen and oxygen atoms in total. The van der Waals surface area contributed by atoms with Gasteiger partial charge in [0.1, 0.15) is 17.1 Å². The number of carbonyl (C=O) groups excluding carboxylic acids is 2. The maximum atomic E-state index is 12.7. The maximum Gasteiger partial charge on any atom is 0.344 e. The fourth-order valence-corrected chi connectivity index (χ4v) is 8.14. The zero-order valence-electron chi connectivity index (χ0n) is 23.1. The molecule has 4 saturated carbocycles. The van der Waals surface area contributed by atoms with E-state index in [0.717, 1.165) is 69.9 Å². The number of hydrogen-bond acceptors (Lipinski definition) is 6. The van der Waals surface area contributed by atoms with Crippen LogP contribution in [0.15, 0.2) is 82.6 Å². The fraction of sp³-hybridized carbons (Fsp3) is 0.412. The first-order valence-electron chi connectivity index (χ1n) is 14.3. The highest BCUT2D eigenvalue weighted by atomic mass is 32.2. The molecular formula is C34H36O5S. The van der Waals surface area contributed by atoms with E-state index in [1.807, 2.05) is 79.7 Å². The number of ether oxygens (including phenoxy) is 3. The van der Waals surface area contributed by atoms with Gasteiger partial charge in [-0.1, -0.05) is 54.2 Å². The normalized spacial score (nSPS) is 26.4. The molecular weight excluding hydrogens is 520 g/mol. The van der Waals surface area contributed by atoms with Gasteiger partial charge in [0.15, 0.2) is 6.61 Å². The van der Waals surface area contributed by atoms with Gasteiger partial charge in [-0.25, -0.2) is 4.79 Å². The molecule has 0 atom stereocenters. The average Bonchev–Trinajstić information content (AvgIpc) is 2.93. The standard InChI is InChI=1S/C34H36O5S/c1-22-8-3-4-11-29(22)38-30-12-5-6-13-31(30)40-28-10-7-9-23(19-28)20-32(35)37-21-33(36)39-34(2)26-15-24-14-25(17-26)18-27(34)16-24/h3-13,19,24-27H,14-18,20-21H2,1-2H3. The Morgan fingerprint density at radius 1 is 0.825 bits per heavy atom. The van der Waals surface area contributed by atoms with Crippen molar-refractivity contribution < 1.29 is 23.8 Å². The molecule has 0 spiro atoms. The van der Waals surface area contributed by atoms with Crippen LogP contribution < -0.4 is 4.74 Å². The Morgan fingerprint density at radius 3 is 2.23 bits per heavy atom. The van der Waals surface area contributed by atoms with E-state index < -0.39 is 17.5 Å². The van der Waals surface area contributed by atoms with Crippen molar-refractivity contribution in [2.75, 3.05) is 6.61 Å². The first kappa shape index (κ1) is 26.9. The lowest BCUT2D eigenvalue weighted by Crippen LogP contribution is -2.58. The van der Waals surface area contributed by atoms with Gasteiger partial charge in [0.05, 0.1) is 11.3 Å². The number of benzene rings is 3. The Bertz CT molecular complexity index is 1370. The third kappa shape index (κ3) is 5.78. The lowest BCUT2D eigenvalue weighted by molar-refractivity contribution is -0.207. The van der Waals surface area contributed by atoms with Crippen molar-refractivity contribution in [3.8, 4) is 11.5 Å². The Morgan fingerprint density at radius 2 is 1.50 bits per heavy atom. The summed E-state index contributed by atoms with van der Waals surface area (Å²) in [6, 6.07) is 23.7. The highest BCUT2D eigenvalue weighted by molar-refractivity contribution is 7.99. The zero-order valence-corrected chi connectivity index (χ0v) is 24.0. The molecule has 7 rings (SSSR count). The molecule has 0 amide bonds. The molecule has 0 radical (unpaired) electrons. The Balaban J connectivity index is 1.03. The van der Waals surface area contributed by atoms with Crippen LogP contribution in [0.1, 0.15) is 50.2 Å². The summed E-state index contributed by atoms with van der Waals surface area (Å²) in [5.74, 6) is 3.22. The molecule has 40 heavy (non-hydrogen) atoms. The quantitative estimate of drug-likeness (QED) is 0.251. The number of para-hydroxylation sites is 2. The van der Waals surface area contributed by atoms with Crippen LogP contribution in [-0.2, 0) is 25.5 Å². The molecule has 4 aliphatic rings. The van der Waals surface area contributed by atoms with Crippen molar-refractivity contribution in [3.05, 3.63) is 83.9 Å². The van der Waals surface area contributed by atoms with Gasteiger partial charge in [0.25, 0.3) is 0 Å². The van der Waals surface area contributed by atoms with E-state index in [4.69, 9.17) is 14.2 Å². The summed E-state index contributed by atoms with van der Waals surface area (Å²) in [5, 5.41) is 0. The SMILES string of the molecule is Cc1ccccc1Oc1ccccc1Sc1cccc(CC(=O)OCC(=O)OC2(C)C3CC4CC(C3)CC2C4)c1. The minimum absolute atomic E-state index is 0.0922. The van der Waals surface area contributed by atoms with Crippen molar-refractivity contribution in [1.82, 2.24) is 0 Å². The third-order valence-corrected chi connectivity index (χ3v) is 10.1. The minimum atomic E-state index is -0.433. The number of esters is 2. The van der Waals surface area contributed by atoms with Gasteiger partial charge in [-0.05, 0) is 111 Å². The third-order valence-electron chi connectivity index (χ3n) is 9.08. The van der Waals surface area contributed by atoms with Crippen molar-refractivity contribution in [2.45, 2.75) is 67.8 Å². The summed E-state index contributed by atoms with van der Waals surface area (Å²) < 4.78 is 17.6. The van der Waals surface area contributed by atoms with Gasteiger partial charge in [-0.2, -0.15) is 0 Å². The maximum absolute atomic E-state index is 12.7. The van der Waals surface area contributed by atoms with E-state index in [2.05, 4.69) is 6.92 Å². The van der Waals surface area contributed by atoms with E-state index in [1.165, 1.54) is 6.42 Å². The second kappa shape index (κ2) is 11.3. The van der Waals surface area contributed by atoms with Crippen LogP contribution in [-0.4, -0.2) is 24.1 Å². The molecule has 6 heteroatoms. The van der Waals surface area contributed by atoms with Crippen molar-refractivity contribution >= 4 is 23.7 Å². The highest BCUT2D eigenvalue weighted by Crippen LogP contribution is 2.59. The van der Waals surface area contributed by atoms with Crippen LogP contribution in [0.2, 0.25) is 0 Å². The smallest absolute Gasteiger partial charge is 0.344 e. The van der Waals surface area contributed by atoms with Crippen LogP contribution in [0.5, 0.6) is 11.5 Å². The first-order valence-corrected chi connectivity index (χ1v) is 15.1. The lowest BCUT2D eigenvalue weighted by atomic mass is 9.50. The second-order valence-corrected chi connectivity index (χ2v) is 13.0. The van der Waals surface area contributed by atoms with Gasteiger partial charge in [-0.3, -0.25) is 4.79 Å². The zero-order chi connectivity index (χ0) is 27.7. The van der Waals surface area contributed by atoms with Crippen LogP contribution >= 0.6 is 11.8 Å². The van der Waals surface area contributed by atoms with Gasteiger partial charge < -0.3 is 14.2 Å². The second-order valence-electron chi connectivity index (χ2n) is 11.9. The number of carbonyl (C=O) groups is 2. The minimum Gasteiger partial charge on any atom is -0.456 e. The van der Waals surface area contributed by atoms with Crippen molar-refractivity contribution in [3.63, 3.8) is 0 Å². The van der Waals surface area contributed by atoms with Gasteiger partial charge in [-0.15, -0.1) is 0 Å². The monoisotopic (exact) mass is 556 g/mol. The fourth-order valence-electron chi connectivity index (χ4n) is 7.17. The molecule has 0 heterocycles. The Hall–Kier alpha value is -3.25. The topological polar surface area (TPSA) is 61.8 Å². The average molecular weight is 557 g/mol. The summed E-state index contributed by atoms with van der Waals surface area (Å²) in [6.45, 7) is 3.79. The van der Waals surface area contributed by atoms with Crippen LogP contribution in [0.4, 0.5) is 0 Å². The summed E-state index contributed by atoms with van der Waals surface area (Å²) in [6.07, 6.45) is 6.08. The van der Waals surface area contributed by atoms with Gasteiger partial charge in [0, 0.05) is 4.90 Å². The Labute approximate surface area is 240 Å². The Kier molecular flexibility index (Phi) is 7.63. The summed E-state index contributed by atoms with van der Waals surface area (Å²) in [4.78, 5) is 27.3. The van der Waals surface area contributed by atoms with Crippen LogP contribution in [0, 0.1) is 30.6 Å². The molecule has 4 bridgehead atoms. The first-order chi connectivity index (χ1) is 19.4. The highest BCUT2D eigenvalue weighted by Gasteiger charge is 2.57. The molecule has 0 saturated heterocycles. The van der Waals surface area contributed by atoms with Crippen molar-refractivity contribution in [1.29, 1.82) is 0 Å². The lowest BCUT2D eigenvalue weighted by Gasteiger charge is -2.59. The van der Waals surface area contributed by atoms with Crippen LogP contribution in [0.25, 0.3) is 0 Å². The van der Waals surface area contributed by atoms with E-state index >= 15 is 0 Å². The number of aryl methyl sites for hydroxylation is 1. The molecule has 4 fully saturated rings. The number of hydrogen-bond donors (Lipinski definition) is 0. The molecule has 0 aliphatic heterocycles. The predicted octanol–water partition coefficient (Wildman–Crippen LogP) is 7.78. The molecule has 4 aliphatic carbocycles. The van der Waals surface area contributed by atoms with E-state index in [9.17, 15) is 9.59 Å². The van der Waals surface area contributed by atoms with E-state index in [0.29, 0.717) is 11.8 Å². The van der Waals surface area contributed by atoms with Crippen LogP contribution in [0.3, 0.4) is 0 Å². The van der Waals surface area contributed by atoms with E-state index in [1.54, 1.807) is 11.8 Å². The summed E-state index contributed by atoms with van der Waals surface area (Å²) in [7, 11) is 0. The van der Waals surface area contributed by atoms with E-state index in [-0.39, 0.29) is 13.0 Å². The van der Waals surface area contributed by atoms with Gasteiger partial charge >= 0.3 is 11.9 Å². The summed E-state index contributed by atoms with van der Waals surface area (Å²) >= 11 is 1.58. The summed E-state index contributed by atoms with van der Waals surface area (Å²) in [5.41, 5.74) is 1.48. The molecule has 3 aromatic carbocycles.